The van der Waals surface area contributed by atoms with E-state index in [-0.39, 0.29) is 24.9 Å². The lowest BCUT2D eigenvalue weighted by Gasteiger charge is -2.07. The van der Waals surface area contributed by atoms with E-state index in [1.807, 2.05) is 26.0 Å². The van der Waals surface area contributed by atoms with Gasteiger partial charge < -0.3 is 14.0 Å². The Hall–Kier alpha value is -3.22. The molecular weight excluding hydrogens is 339 g/mol. The van der Waals surface area contributed by atoms with Gasteiger partial charge in [0.25, 0.3) is 5.89 Å². The number of hydrogen-bond donors (Lipinski definition) is 0. The van der Waals surface area contributed by atoms with Crippen molar-refractivity contribution in [2.24, 2.45) is 0 Å². The molecule has 0 N–H and O–H groups in total. The van der Waals surface area contributed by atoms with Gasteiger partial charge in [-0.2, -0.15) is 4.98 Å². The Balaban J connectivity index is 1.50. The van der Waals surface area contributed by atoms with Crippen LogP contribution in [0.15, 0.2) is 47.0 Å². The highest BCUT2D eigenvalue weighted by Crippen LogP contribution is 2.17. The molecule has 7 heteroatoms. The lowest BCUT2D eigenvalue weighted by atomic mass is 10.1. The lowest BCUT2D eigenvalue weighted by molar-refractivity contribution is -0.148. The van der Waals surface area contributed by atoms with Crippen molar-refractivity contribution in [3.63, 3.8) is 0 Å². The summed E-state index contributed by atoms with van der Waals surface area (Å²) >= 11 is 0. The number of carbonyl (C=O) groups is 1. The first-order valence-electron chi connectivity index (χ1n) is 7.95. The van der Waals surface area contributed by atoms with E-state index in [1.165, 1.54) is 24.3 Å². The van der Waals surface area contributed by atoms with Crippen LogP contribution in [0.5, 0.6) is 5.75 Å². The van der Waals surface area contributed by atoms with Gasteiger partial charge in [-0.3, -0.25) is 0 Å². The van der Waals surface area contributed by atoms with Gasteiger partial charge in [-0.25, -0.2) is 9.18 Å². The highest BCUT2D eigenvalue weighted by atomic mass is 19.1. The van der Waals surface area contributed by atoms with Crippen molar-refractivity contribution in [2.75, 3.05) is 6.61 Å². The predicted molar refractivity (Wildman–Crippen MR) is 90.9 cm³/mol. The SMILES string of the molecule is Cc1ccc(OCC(=O)OCc2nc(-c3ccc(F)cc3)no2)cc1C. The fourth-order valence-electron chi connectivity index (χ4n) is 2.16. The number of aromatic nitrogens is 2. The summed E-state index contributed by atoms with van der Waals surface area (Å²) in [5.41, 5.74) is 2.83. The second-order valence-corrected chi connectivity index (χ2v) is 5.71. The molecule has 1 heterocycles. The van der Waals surface area contributed by atoms with Crippen molar-refractivity contribution in [1.29, 1.82) is 0 Å². The molecule has 0 atom stereocenters. The molecule has 0 bridgehead atoms. The first-order chi connectivity index (χ1) is 12.5. The summed E-state index contributed by atoms with van der Waals surface area (Å²) < 4.78 is 28.4. The average molecular weight is 356 g/mol. The molecule has 26 heavy (non-hydrogen) atoms. The lowest BCUT2D eigenvalue weighted by Crippen LogP contribution is -2.15. The van der Waals surface area contributed by atoms with E-state index in [2.05, 4.69) is 10.1 Å². The highest BCUT2D eigenvalue weighted by Gasteiger charge is 2.12. The van der Waals surface area contributed by atoms with Crippen LogP contribution in [0.2, 0.25) is 0 Å². The van der Waals surface area contributed by atoms with Crippen LogP contribution in [-0.2, 0) is 16.1 Å². The average Bonchev–Trinajstić information content (AvgIpc) is 3.10. The molecular formula is C19H17FN2O4. The van der Waals surface area contributed by atoms with E-state index in [9.17, 15) is 9.18 Å². The van der Waals surface area contributed by atoms with Crippen LogP contribution in [0, 0.1) is 19.7 Å². The Labute approximate surface area is 149 Å². The monoisotopic (exact) mass is 356 g/mol. The first-order valence-corrected chi connectivity index (χ1v) is 7.95. The van der Waals surface area contributed by atoms with Gasteiger partial charge in [-0.1, -0.05) is 11.2 Å². The summed E-state index contributed by atoms with van der Waals surface area (Å²) in [5, 5.41) is 3.77. The summed E-state index contributed by atoms with van der Waals surface area (Å²) in [4.78, 5) is 15.9. The molecule has 0 aliphatic rings. The number of esters is 1. The Morgan fingerprint density at radius 2 is 1.88 bits per heavy atom. The summed E-state index contributed by atoms with van der Waals surface area (Å²) in [6.45, 7) is 3.58. The second kappa shape index (κ2) is 7.77. The molecule has 2 aromatic carbocycles. The van der Waals surface area contributed by atoms with Crippen molar-refractivity contribution >= 4 is 5.97 Å². The van der Waals surface area contributed by atoms with Crippen molar-refractivity contribution in [3.8, 4) is 17.1 Å². The van der Waals surface area contributed by atoms with Crippen LogP contribution in [0.25, 0.3) is 11.4 Å². The summed E-state index contributed by atoms with van der Waals surface area (Å²) in [6, 6.07) is 11.2. The molecule has 0 aliphatic heterocycles. The topological polar surface area (TPSA) is 74.5 Å². The molecule has 6 nitrogen and oxygen atoms in total. The Bertz CT molecular complexity index is 906. The molecule has 0 unspecified atom stereocenters. The van der Waals surface area contributed by atoms with Crippen LogP contribution in [-0.4, -0.2) is 22.7 Å². The third-order valence-electron chi connectivity index (χ3n) is 3.76. The van der Waals surface area contributed by atoms with Crippen molar-refractivity contribution < 1.29 is 23.2 Å². The van der Waals surface area contributed by atoms with Gasteiger partial charge in [0, 0.05) is 5.56 Å². The minimum absolute atomic E-state index is 0.142. The van der Waals surface area contributed by atoms with Crippen LogP contribution in [0.1, 0.15) is 17.0 Å². The number of ether oxygens (including phenoxy) is 2. The van der Waals surface area contributed by atoms with Crippen LogP contribution < -0.4 is 4.74 Å². The summed E-state index contributed by atoms with van der Waals surface area (Å²) in [7, 11) is 0. The molecule has 0 radical (unpaired) electrons. The predicted octanol–water partition coefficient (Wildman–Crippen LogP) is 3.61. The molecule has 0 saturated heterocycles. The largest absolute Gasteiger partial charge is 0.482 e. The van der Waals surface area contributed by atoms with Crippen LogP contribution >= 0.6 is 0 Å². The van der Waals surface area contributed by atoms with E-state index in [4.69, 9.17) is 14.0 Å². The number of nitrogens with zero attached hydrogens (tertiary/aromatic N) is 2. The van der Waals surface area contributed by atoms with Crippen LogP contribution in [0.3, 0.4) is 0 Å². The fourth-order valence-corrected chi connectivity index (χ4v) is 2.16. The molecule has 0 spiro atoms. The van der Waals surface area contributed by atoms with Crippen molar-refractivity contribution in [2.45, 2.75) is 20.5 Å². The van der Waals surface area contributed by atoms with E-state index in [1.54, 1.807) is 6.07 Å². The zero-order valence-corrected chi connectivity index (χ0v) is 14.4. The van der Waals surface area contributed by atoms with Gasteiger partial charge in [0.05, 0.1) is 0 Å². The first kappa shape index (κ1) is 17.6. The van der Waals surface area contributed by atoms with Gasteiger partial charge in [-0.15, -0.1) is 0 Å². The molecule has 0 fully saturated rings. The maximum absolute atomic E-state index is 12.9. The Morgan fingerprint density at radius 3 is 2.62 bits per heavy atom. The third-order valence-corrected chi connectivity index (χ3v) is 3.76. The molecule has 0 aliphatic carbocycles. The van der Waals surface area contributed by atoms with Crippen molar-refractivity contribution in [1.82, 2.24) is 10.1 Å². The smallest absolute Gasteiger partial charge is 0.344 e. The standard InChI is InChI=1S/C19H17FN2O4/c1-12-3-8-16(9-13(12)2)24-11-18(23)25-10-17-21-19(22-26-17)14-4-6-15(20)7-5-14/h3-9H,10-11H2,1-2H3. The normalized spacial score (nSPS) is 10.6. The zero-order chi connectivity index (χ0) is 18.5. The van der Waals surface area contributed by atoms with Gasteiger partial charge in [0.2, 0.25) is 5.82 Å². The summed E-state index contributed by atoms with van der Waals surface area (Å²) in [6.07, 6.45) is 0. The molecule has 3 rings (SSSR count). The number of rotatable bonds is 6. The zero-order valence-electron chi connectivity index (χ0n) is 14.4. The number of halogens is 1. The number of benzene rings is 2. The maximum Gasteiger partial charge on any atom is 0.344 e. The van der Waals surface area contributed by atoms with E-state index < -0.39 is 5.97 Å². The molecule has 0 amide bonds. The number of aryl methyl sites for hydroxylation is 2. The molecule has 134 valence electrons. The fraction of sp³-hybridized carbons (Fsp3) is 0.211. The van der Waals surface area contributed by atoms with E-state index in [0.29, 0.717) is 17.1 Å². The van der Waals surface area contributed by atoms with Gasteiger partial charge in [-0.05, 0) is 61.4 Å². The van der Waals surface area contributed by atoms with Crippen LogP contribution in [0.4, 0.5) is 4.39 Å². The molecule has 1 aromatic heterocycles. The highest BCUT2D eigenvalue weighted by molar-refractivity contribution is 5.71. The minimum atomic E-state index is -0.551. The minimum Gasteiger partial charge on any atom is -0.482 e. The molecule has 3 aromatic rings. The number of carbonyl (C=O) groups excluding carboxylic acids is 1. The third kappa shape index (κ3) is 4.44. The maximum atomic E-state index is 12.9. The summed E-state index contributed by atoms with van der Waals surface area (Å²) in [5.74, 6) is 0.132. The van der Waals surface area contributed by atoms with Gasteiger partial charge in [0.1, 0.15) is 11.6 Å². The van der Waals surface area contributed by atoms with Crippen molar-refractivity contribution in [3.05, 3.63) is 65.3 Å². The van der Waals surface area contributed by atoms with Gasteiger partial charge >= 0.3 is 5.97 Å². The molecule has 0 saturated carbocycles. The second-order valence-electron chi connectivity index (χ2n) is 5.71. The Kier molecular flexibility index (Phi) is 5.26. The van der Waals surface area contributed by atoms with E-state index >= 15 is 0 Å². The Morgan fingerprint density at radius 1 is 1.12 bits per heavy atom. The number of hydrogen-bond acceptors (Lipinski definition) is 6. The van der Waals surface area contributed by atoms with E-state index in [0.717, 1.165) is 11.1 Å². The van der Waals surface area contributed by atoms with Gasteiger partial charge in [0.15, 0.2) is 13.2 Å². The quantitative estimate of drug-likeness (QED) is 0.628.